The van der Waals surface area contributed by atoms with Gasteiger partial charge in [-0.1, -0.05) is 6.07 Å². The van der Waals surface area contributed by atoms with Crippen LogP contribution in [0.2, 0.25) is 0 Å². The Hall–Kier alpha value is -2.31. The maximum absolute atomic E-state index is 12.1. The number of nitrogens with zero attached hydrogens (tertiary/aromatic N) is 1. The van der Waals surface area contributed by atoms with Crippen LogP contribution < -0.4 is 5.32 Å². The summed E-state index contributed by atoms with van der Waals surface area (Å²) in [5.74, 6) is -1.07. The molecule has 0 spiro atoms. The zero-order chi connectivity index (χ0) is 14.0. The van der Waals surface area contributed by atoms with Crippen LogP contribution in [-0.2, 0) is 0 Å². The summed E-state index contributed by atoms with van der Waals surface area (Å²) >= 11 is 0. The molecule has 0 amide bonds. The lowest BCUT2D eigenvalue weighted by Gasteiger charge is -2.09. The number of carboxylic acids is 1. The molecular formula is C12H9F3N2O2. The maximum Gasteiger partial charge on any atom is 0.405 e. The standard InChI is InChI=1S/C12H9F3N2O2/c13-12(14,15)6-16-10-4-3-7-1-2-8(11(18)19)5-9(7)17-10/h1-5H,6H2,(H,16,17)(H,18,19). The Labute approximate surface area is 105 Å². The van der Waals surface area contributed by atoms with E-state index in [-0.39, 0.29) is 11.4 Å². The molecule has 0 aliphatic carbocycles. The molecular weight excluding hydrogens is 261 g/mol. The van der Waals surface area contributed by atoms with E-state index in [1.807, 2.05) is 0 Å². The van der Waals surface area contributed by atoms with Gasteiger partial charge >= 0.3 is 12.1 Å². The van der Waals surface area contributed by atoms with Gasteiger partial charge in [0.15, 0.2) is 0 Å². The van der Waals surface area contributed by atoms with Gasteiger partial charge in [0.05, 0.1) is 11.1 Å². The van der Waals surface area contributed by atoms with Gasteiger partial charge in [0.2, 0.25) is 0 Å². The predicted octanol–water partition coefficient (Wildman–Crippen LogP) is 2.91. The fourth-order valence-electron chi connectivity index (χ4n) is 1.54. The van der Waals surface area contributed by atoms with E-state index in [4.69, 9.17) is 5.11 Å². The molecule has 0 saturated carbocycles. The number of pyridine rings is 1. The first kappa shape index (κ1) is 13.1. The Kier molecular flexibility index (Phi) is 3.28. The number of anilines is 1. The number of carbonyl (C=O) groups is 1. The number of hydrogen-bond donors (Lipinski definition) is 2. The largest absolute Gasteiger partial charge is 0.478 e. The smallest absolute Gasteiger partial charge is 0.405 e. The lowest BCUT2D eigenvalue weighted by atomic mass is 10.1. The van der Waals surface area contributed by atoms with Crippen molar-refractivity contribution in [1.82, 2.24) is 4.98 Å². The lowest BCUT2D eigenvalue weighted by molar-refractivity contribution is -0.115. The van der Waals surface area contributed by atoms with Gasteiger partial charge in [0.1, 0.15) is 12.4 Å². The van der Waals surface area contributed by atoms with Gasteiger partial charge in [-0.05, 0) is 24.3 Å². The molecule has 0 fully saturated rings. The minimum absolute atomic E-state index is 0.0352. The van der Waals surface area contributed by atoms with Gasteiger partial charge in [-0.3, -0.25) is 0 Å². The van der Waals surface area contributed by atoms with Crippen molar-refractivity contribution in [2.45, 2.75) is 6.18 Å². The third-order valence-electron chi connectivity index (χ3n) is 2.41. The zero-order valence-corrected chi connectivity index (χ0v) is 9.53. The predicted molar refractivity (Wildman–Crippen MR) is 63.2 cm³/mol. The number of rotatable bonds is 3. The molecule has 0 unspecified atom stereocenters. The summed E-state index contributed by atoms with van der Waals surface area (Å²) in [4.78, 5) is 14.7. The van der Waals surface area contributed by atoms with Crippen molar-refractivity contribution in [1.29, 1.82) is 0 Å². The van der Waals surface area contributed by atoms with Crippen molar-refractivity contribution in [2.75, 3.05) is 11.9 Å². The second kappa shape index (κ2) is 4.75. The highest BCUT2D eigenvalue weighted by molar-refractivity contribution is 5.93. The van der Waals surface area contributed by atoms with E-state index in [2.05, 4.69) is 10.3 Å². The SMILES string of the molecule is O=C(O)c1ccc2ccc(NCC(F)(F)F)nc2c1. The summed E-state index contributed by atoms with van der Waals surface area (Å²) in [7, 11) is 0. The molecule has 7 heteroatoms. The molecule has 1 heterocycles. The van der Waals surface area contributed by atoms with Crippen molar-refractivity contribution in [2.24, 2.45) is 0 Å². The monoisotopic (exact) mass is 270 g/mol. The molecule has 0 atom stereocenters. The Morgan fingerprint density at radius 3 is 2.58 bits per heavy atom. The van der Waals surface area contributed by atoms with Gasteiger partial charge in [-0.25, -0.2) is 9.78 Å². The highest BCUT2D eigenvalue weighted by Crippen LogP contribution is 2.19. The van der Waals surface area contributed by atoms with E-state index >= 15 is 0 Å². The first-order valence-corrected chi connectivity index (χ1v) is 5.30. The molecule has 100 valence electrons. The van der Waals surface area contributed by atoms with Crippen LogP contribution in [-0.4, -0.2) is 28.8 Å². The van der Waals surface area contributed by atoms with Crippen molar-refractivity contribution < 1.29 is 23.1 Å². The fraction of sp³-hybridized carbons (Fsp3) is 0.167. The summed E-state index contributed by atoms with van der Waals surface area (Å²) in [6.45, 7) is -1.19. The van der Waals surface area contributed by atoms with Gasteiger partial charge in [-0.15, -0.1) is 0 Å². The number of nitrogens with one attached hydrogen (secondary N) is 1. The second-order valence-corrected chi connectivity index (χ2v) is 3.88. The lowest BCUT2D eigenvalue weighted by Crippen LogP contribution is -2.21. The van der Waals surface area contributed by atoms with E-state index in [1.54, 1.807) is 12.1 Å². The quantitative estimate of drug-likeness (QED) is 0.900. The number of alkyl halides is 3. The van der Waals surface area contributed by atoms with Crippen LogP contribution in [0.4, 0.5) is 19.0 Å². The van der Waals surface area contributed by atoms with Gasteiger partial charge in [0, 0.05) is 5.39 Å². The van der Waals surface area contributed by atoms with E-state index in [9.17, 15) is 18.0 Å². The van der Waals surface area contributed by atoms with Crippen LogP contribution in [0.25, 0.3) is 10.9 Å². The van der Waals surface area contributed by atoms with E-state index < -0.39 is 18.7 Å². The normalized spacial score (nSPS) is 11.5. The summed E-state index contributed by atoms with van der Waals surface area (Å²) in [6, 6.07) is 7.27. The molecule has 0 saturated heterocycles. The Balaban J connectivity index is 2.30. The highest BCUT2D eigenvalue weighted by atomic mass is 19.4. The summed E-state index contributed by atoms with van der Waals surface area (Å²) < 4.78 is 36.2. The first-order chi connectivity index (χ1) is 8.85. The minimum Gasteiger partial charge on any atom is -0.478 e. The molecule has 0 aliphatic rings. The third-order valence-corrected chi connectivity index (χ3v) is 2.41. The number of halogens is 3. The minimum atomic E-state index is -4.33. The van der Waals surface area contributed by atoms with E-state index in [0.717, 1.165) is 0 Å². The average Bonchev–Trinajstić information content (AvgIpc) is 2.34. The number of aromatic nitrogens is 1. The van der Waals surface area contributed by atoms with Crippen LogP contribution in [0.15, 0.2) is 30.3 Å². The number of carboxylic acid groups (broad SMARTS) is 1. The Bertz CT molecular complexity index is 626. The number of fused-ring (bicyclic) bond motifs is 1. The molecule has 0 bridgehead atoms. The van der Waals surface area contributed by atoms with Crippen molar-refractivity contribution >= 4 is 22.7 Å². The molecule has 4 nitrogen and oxygen atoms in total. The number of hydrogen-bond acceptors (Lipinski definition) is 3. The number of benzene rings is 1. The van der Waals surface area contributed by atoms with Gasteiger partial charge in [-0.2, -0.15) is 13.2 Å². The number of aromatic carboxylic acids is 1. The molecule has 0 radical (unpaired) electrons. The molecule has 1 aromatic heterocycles. The van der Waals surface area contributed by atoms with Crippen LogP contribution >= 0.6 is 0 Å². The maximum atomic E-state index is 12.1. The summed E-state index contributed by atoms with van der Waals surface area (Å²) in [6.07, 6.45) is -4.33. The molecule has 19 heavy (non-hydrogen) atoms. The van der Waals surface area contributed by atoms with Crippen LogP contribution in [0.1, 0.15) is 10.4 Å². The third kappa shape index (κ3) is 3.34. The van der Waals surface area contributed by atoms with Crippen molar-refractivity contribution in [3.05, 3.63) is 35.9 Å². The van der Waals surface area contributed by atoms with E-state index in [0.29, 0.717) is 10.9 Å². The second-order valence-electron chi connectivity index (χ2n) is 3.88. The van der Waals surface area contributed by atoms with Crippen LogP contribution in [0.3, 0.4) is 0 Å². The summed E-state index contributed by atoms with van der Waals surface area (Å²) in [5, 5.41) is 11.6. The summed E-state index contributed by atoms with van der Waals surface area (Å²) in [5.41, 5.74) is 0.361. The van der Waals surface area contributed by atoms with Crippen LogP contribution in [0.5, 0.6) is 0 Å². The average molecular weight is 270 g/mol. The van der Waals surface area contributed by atoms with Crippen LogP contribution in [0, 0.1) is 0 Å². The molecule has 1 aromatic carbocycles. The molecule has 2 aromatic rings. The van der Waals surface area contributed by atoms with Gasteiger partial charge < -0.3 is 10.4 Å². The topological polar surface area (TPSA) is 62.2 Å². The van der Waals surface area contributed by atoms with E-state index in [1.165, 1.54) is 18.2 Å². The van der Waals surface area contributed by atoms with Crippen molar-refractivity contribution in [3.8, 4) is 0 Å². The van der Waals surface area contributed by atoms with Crippen molar-refractivity contribution in [3.63, 3.8) is 0 Å². The first-order valence-electron chi connectivity index (χ1n) is 5.30. The highest BCUT2D eigenvalue weighted by Gasteiger charge is 2.26. The molecule has 2 N–H and O–H groups in total. The fourth-order valence-corrected chi connectivity index (χ4v) is 1.54. The Morgan fingerprint density at radius 2 is 1.95 bits per heavy atom. The van der Waals surface area contributed by atoms with Gasteiger partial charge in [0.25, 0.3) is 0 Å². The molecule has 0 aliphatic heterocycles. The Morgan fingerprint density at radius 1 is 1.26 bits per heavy atom. The molecule has 2 rings (SSSR count). The zero-order valence-electron chi connectivity index (χ0n) is 9.53.